The van der Waals surface area contributed by atoms with Crippen molar-refractivity contribution >= 4 is 11.8 Å². The van der Waals surface area contributed by atoms with Crippen LogP contribution in [0.2, 0.25) is 0 Å². The van der Waals surface area contributed by atoms with Crippen molar-refractivity contribution in [2.45, 2.75) is 49.5 Å². The van der Waals surface area contributed by atoms with Crippen molar-refractivity contribution in [3.8, 4) is 0 Å². The van der Waals surface area contributed by atoms with Crippen LogP contribution in [0.5, 0.6) is 0 Å². The van der Waals surface area contributed by atoms with Crippen LogP contribution in [0.3, 0.4) is 0 Å². The number of rotatable bonds is 9. The number of thioether (sulfide) groups is 1. The minimum absolute atomic E-state index is 0.342. The highest BCUT2D eigenvalue weighted by molar-refractivity contribution is 7.98. The van der Waals surface area contributed by atoms with Crippen LogP contribution >= 0.6 is 11.8 Å². The van der Waals surface area contributed by atoms with Gasteiger partial charge >= 0.3 is 6.18 Å². The van der Waals surface area contributed by atoms with Gasteiger partial charge in [0.1, 0.15) is 11.5 Å². The number of morpholine rings is 1. The average molecular weight is 554 g/mol. The molecule has 1 saturated heterocycles. The predicted octanol–water partition coefficient (Wildman–Crippen LogP) is 5.42. The number of H-pyrrole nitrogens is 1. The van der Waals surface area contributed by atoms with Crippen molar-refractivity contribution in [2.75, 3.05) is 33.5 Å². The Labute approximate surface area is 223 Å². The molecule has 3 aromatic rings. The van der Waals surface area contributed by atoms with Crippen molar-refractivity contribution in [3.05, 3.63) is 76.4 Å². The molecule has 1 N–H and O–H groups in total. The number of hydrogen-bond donors (Lipinski definition) is 1. The van der Waals surface area contributed by atoms with Crippen LogP contribution in [0.1, 0.15) is 47.1 Å². The Morgan fingerprint density at radius 2 is 1.95 bits per heavy atom. The molecule has 12 heteroatoms. The number of halogens is 4. The van der Waals surface area contributed by atoms with Gasteiger partial charge < -0.3 is 14.4 Å². The van der Waals surface area contributed by atoms with E-state index in [1.165, 1.54) is 23.9 Å². The summed E-state index contributed by atoms with van der Waals surface area (Å²) in [7, 11) is 3.89. The molecule has 7 nitrogen and oxygen atoms in total. The highest BCUT2D eigenvalue weighted by Crippen LogP contribution is 2.38. The van der Waals surface area contributed by atoms with Gasteiger partial charge in [-0.2, -0.15) is 13.2 Å². The fourth-order valence-corrected chi connectivity index (χ4v) is 4.96. The first-order valence-electron chi connectivity index (χ1n) is 12.1. The van der Waals surface area contributed by atoms with E-state index in [9.17, 15) is 17.6 Å². The Kier molecular flexibility index (Phi) is 9.09. The SMILES string of the molecule is CSc1cc([C@@H](C)OC2OCCN(Cc3nn[nH]c3CN(C)C)C2c2ccc(F)cc2)cc(C(F)(F)F)c1. The first kappa shape index (κ1) is 28.5. The zero-order valence-electron chi connectivity index (χ0n) is 21.6. The van der Waals surface area contributed by atoms with Crippen LogP contribution in [0, 0.1) is 5.82 Å². The van der Waals surface area contributed by atoms with E-state index >= 15 is 0 Å². The smallest absolute Gasteiger partial charge is 0.349 e. The van der Waals surface area contributed by atoms with Gasteiger partial charge in [0, 0.05) is 24.5 Å². The lowest BCUT2D eigenvalue weighted by Crippen LogP contribution is -2.46. The third-order valence-electron chi connectivity index (χ3n) is 6.35. The molecule has 1 aliphatic heterocycles. The fourth-order valence-electron chi connectivity index (χ4n) is 4.46. The van der Waals surface area contributed by atoms with Gasteiger partial charge in [0.05, 0.1) is 30.0 Å². The van der Waals surface area contributed by atoms with E-state index < -0.39 is 30.2 Å². The van der Waals surface area contributed by atoms with Gasteiger partial charge in [-0.05, 0) is 68.7 Å². The van der Waals surface area contributed by atoms with E-state index in [-0.39, 0.29) is 5.82 Å². The molecule has 4 rings (SSSR count). The third-order valence-corrected chi connectivity index (χ3v) is 7.06. The maximum Gasteiger partial charge on any atom is 0.416 e. The molecule has 1 aliphatic rings. The van der Waals surface area contributed by atoms with Gasteiger partial charge in [-0.25, -0.2) is 4.39 Å². The van der Waals surface area contributed by atoms with Gasteiger partial charge in [-0.3, -0.25) is 10.00 Å². The lowest BCUT2D eigenvalue weighted by atomic mass is 10.0. The summed E-state index contributed by atoms with van der Waals surface area (Å²) in [4.78, 5) is 4.61. The number of hydrogen-bond acceptors (Lipinski definition) is 7. The van der Waals surface area contributed by atoms with Crippen LogP contribution in [-0.4, -0.2) is 65.0 Å². The van der Waals surface area contributed by atoms with Gasteiger partial charge in [-0.1, -0.05) is 17.3 Å². The molecule has 3 atom stereocenters. The molecule has 1 fully saturated rings. The number of aromatic nitrogens is 3. The van der Waals surface area contributed by atoms with Gasteiger partial charge in [-0.15, -0.1) is 16.9 Å². The van der Waals surface area contributed by atoms with E-state index in [2.05, 4.69) is 20.3 Å². The predicted molar refractivity (Wildman–Crippen MR) is 136 cm³/mol. The molecule has 1 aromatic heterocycles. The van der Waals surface area contributed by atoms with Crippen molar-refractivity contribution < 1.29 is 27.0 Å². The maximum atomic E-state index is 13.8. The molecule has 38 heavy (non-hydrogen) atoms. The van der Waals surface area contributed by atoms with Crippen LogP contribution in [0.4, 0.5) is 17.6 Å². The zero-order chi connectivity index (χ0) is 27.4. The monoisotopic (exact) mass is 553 g/mol. The molecule has 0 saturated carbocycles. The molecule has 2 heterocycles. The summed E-state index contributed by atoms with van der Waals surface area (Å²) in [6, 6.07) is 9.56. The van der Waals surface area contributed by atoms with Crippen molar-refractivity contribution in [1.29, 1.82) is 0 Å². The normalized spacial score (nSPS) is 19.7. The standard InChI is InChI=1S/C26H31F4N5O2S/c1-16(18-11-19(26(28,29)30)13-21(12-18)38-4)37-25-24(17-5-7-20(27)8-6-17)35(9-10-36-25)15-23-22(14-34(2)3)31-33-32-23/h5-8,11-13,16,24-25H,9-10,14-15H2,1-4H3,(H,31,32,33)/t16-,24?,25?/m1/s1. The largest absolute Gasteiger partial charge is 0.416 e. The Balaban J connectivity index is 1.63. The van der Waals surface area contributed by atoms with E-state index in [0.29, 0.717) is 36.7 Å². The minimum Gasteiger partial charge on any atom is -0.349 e. The summed E-state index contributed by atoms with van der Waals surface area (Å²) < 4.78 is 66.7. The molecular weight excluding hydrogens is 522 g/mol. The summed E-state index contributed by atoms with van der Waals surface area (Å²) in [5.74, 6) is -0.374. The Morgan fingerprint density at radius 3 is 2.61 bits per heavy atom. The molecule has 0 bridgehead atoms. The first-order valence-corrected chi connectivity index (χ1v) is 13.3. The Morgan fingerprint density at radius 1 is 1.21 bits per heavy atom. The summed E-state index contributed by atoms with van der Waals surface area (Å²) in [6.45, 7) is 3.65. The second kappa shape index (κ2) is 12.1. The van der Waals surface area contributed by atoms with Crippen LogP contribution in [0.25, 0.3) is 0 Å². The minimum atomic E-state index is -4.48. The highest BCUT2D eigenvalue weighted by atomic mass is 32.2. The molecule has 0 radical (unpaired) electrons. The Bertz CT molecular complexity index is 1210. The van der Waals surface area contributed by atoms with Crippen molar-refractivity contribution in [3.63, 3.8) is 0 Å². The summed E-state index contributed by atoms with van der Waals surface area (Å²) >= 11 is 1.23. The van der Waals surface area contributed by atoms with Gasteiger partial charge in [0.2, 0.25) is 0 Å². The molecule has 0 spiro atoms. The third kappa shape index (κ3) is 6.92. The quantitative estimate of drug-likeness (QED) is 0.280. The second-order valence-corrected chi connectivity index (χ2v) is 10.3. The maximum absolute atomic E-state index is 13.8. The van der Waals surface area contributed by atoms with Gasteiger partial charge in [0.25, 0.3) is 0 Å². The number of benzene rings is 2. The Hall–Kier alpha value is -2.51. The van der Waals surface area contributed by atoms with Crippen molar-refractivity contribution in [2.24, 2.45) is 0 Å². The van der Waals surface area contributed by atoms with Crippen LogP contribution in [0.15, 0.2) is 47.4 Å². The highest BCUT2D eigenvalue weighted by Gasteiger charge is 2.37. The van der Waals surface area contributed by atoms with Crippen LogP contribution in [-0.2, 0) is 28.7 Å². The summed E-state index contributed by atoms with van der Waals surface area (Å²) in [6.07, 6.45) is -4.27. The fraction of sp³-hybridized carbons (Fsp3) is 0.462. The molecule has 206 valence electrons. The number of alkyl halides is 3. The van der Waals surface area contributed by atoms with Crippen molar-refractivity contribution in [1.82, 2.24) is 25.2 Å². The first-order chi connectivity index (χ1) is 18.0. The number of nitrogens with one attached hydrogen (secondary N) is 1. The number of nitrogens with zero attached hydrogens (tertiary/aromatic N) is 4. The molecular formula is C26H31F4N5O2S. The molecule has 2 aromatic carbocycles. The zero-order valence-corrected chi connectivity index (χ0v) is 22.4. The topological polar surface area (TPSA) is 66.5 Å². The summed E-state index contributed by atoms with van der Waals surface area (Å²) in [5.41, 5.74) is 2.07. The van der Waals surface area contributed by atoms with E-state index in [4.69, 9.17) is 9.47 Å². The van der Waals surface area contributed by atoms with Gasteiger partial charge in [0.15, 0.2) is 6.29 Å². The number of aromatic amines is 1. The summed E-state index contributed by atoms with van der Waals surface area (Å²) in [5, 5.41) is 11.2. The van der Waals surface area contributed by atoms with Crippen LogP contribution < -0.4 is 0 Å². The molecule has 0 aliphatic carbocycles. The number of ether oxygens (including phenoxy) is 2. The lowest BCUT2D eigenvalue weighted by molar-refractivity contribution is -0.231. The molecule has 0 amide bonds. The van der Waals surface area contributed by atoms with E-state index in [1.54, 1.807) is 31.4 Å². The van der Waals surface area contributed by atoms with E-state index in [0.717, 1.165) is 29.1 Å². The molecule has 2 unspecified atom stereocenters. The average Bonchev–Trinajstić information content (AvgIpc) is 3.29. The van der Waals surface area contributed by atoms with E-state index in [1.807, 2.05) is 19.0 Å². The lowest BCUT2D eigenvalue weighted by Gasteiger charge is -2.42. The second-order valence-electron chi connectivity index (χ2n) is 9.45.